The van der Waals surface area contributed by atoms with Crippen molar-refractivity contribution in [3.63, 3.8) is 0 Å². The molecule has 20 heavy (non-hydrogen) atoms. The van der Waals surface area contributed by atoms with E-state index in [9.17, 15) is 0 Å². The van der Waals surface area contributed by atoms with Crippen molar-refractivity contribution in [2.24, 2.45) is 0 Å². The van der Waals surface area contributed by atoms with Gasteiger partial charge in [-0.3, -0.25) is 0 Å². The van der Waals surface area contributed by atoms with Crippen LogP contribution >= 0.6 is 0 Å². The van der Waals surface area contributed by atoms with E-state index in [1.165, 1.54) is 33.3 Å². The summed E-state index contributed by atoms with van der Waals surface area (Å²) in [6.07, 6.45) is 6.49. The second kappa shape index (κ2) is 5.01. The third-order valence-electron chi connectivity index (χ3n) is 3.62. The van der Waals surface area contributed by atoms with E-state index in [4.69, 9.17) is 0 Å². The monoisotopic (exact) mass is 261 g/mol. The number of aromatic nitrogens is 1. The van der Waals surface area contributed by atoms with Crippen molar-refractivity contribution in [1.29, 1.82) is 0 Å². The van der Waals surface area contributed by atoms with Crippen LogP contribution in [0, 0.1) is 13.8 Å². The van der Waals surface area contributed by atoms with Crippen LogP contribution in [0.1, 0.15) is 23.6 Å². The first-order chi connectivity index (χ1) is 9.69. The first-order valence-electron chi connectivity index (χ1n) is 7.00. The van der Waals surface area contributed by atoms with E-state index in [-0.39, 0.29) is 0 Å². The highest BCUT2D eigenvalue weighted by Crippen LogP contribution is 2.27. The Hall–Kier alpha value is -2.28. The molecule has 1 heteroatoms. The minimum Gasteiger partial charge on any atom is -0.316 e. The fourth-order valence-corrected chi connectivity index (χ4v) is 2.67. The Morgan fingerprint density at radius 1 is 0.950 bits per heavy atom. The zero-order valence-electron chi connectivity index (χ0n) is 12.2. The molecule has 0 saturated carbocycles. The molecule has 0 aliphatic carbocycles. The highest BCUT2D eigenvalue weighted by Gasteiger charge is 2.08. The van der Waals surface area contributed by atoms with E-state index < -0.39 is 0 Å². The van der Waals surface area contributed by atoms with Crippen LogP contribution in [-0.4, -0.2) is 4.57 Å². The average Bonchev–Trinajstić information content (AvgIpc) is 2.78. The molecule has 0 amide bonds. The average molecular weight is 261 g/mol. The van der Waals surface area contributed by atoms with Crippen LogP contribution in [0.15, 0.2) is 54.7 Å². The molecule has 1 aromatic heterocycles. The maximum atomic E-state index is 2.27. The molecule has 0 fully saturated rings. The molecule has 3 rings (SSSR count). The van der Waals surface area contributed by atoms with E-state index in [0.717, 1.165) is 0 Å². The van der Waals surface area contributed by atoms with Gasteiger partial charge in [-0.25, -0.2) is 0 Å². The van der Waals surface area contributed by atoms with Gasteiger partial charge in [0, 0.05) is 22.8 Å². The Bertz CT molecular complexity index is 791. The lowest BCUT2D eigenvalue weighted by Crippen LogP contribution is -1.92. The Morgan fingerprint density at radius 2 is 1.75 bits per heavy atom. The summed E-state index contributed by atoms with van der Waals surface area (Å²) in [5, 5.41) is 1.31. The van der Waals surface area contributed by atoms with Gasteiger partial charge in [-0.15, -0.1) is 0 Å². The van der Waals surface area contributed by atoms with Crippen molar-refractivity contribution >= 4 is 17.0 Å². The summed E-state index contributed by atoms with van der Waals surface area (Å²) in [5.74, 6) is 0. The fourth-order valence-electron chi connectivity index (χ4n) is 2.67. The smallest absolute Gasteiger partial charge is 0.0534 e. The summed E-state index contributed by atoms with van der Waals surface area (Å²) >= 11 is 0. The van der Waals surface area contributed by atoms with Crippen LogP contribution in [0.3, 0.4) is 0 Å². The maximum Gasteiger partial charge on any atom is 0.0534 e. The standard InChI is InChI=1S/C19H19N/c1-4-6-16-13-20(17-8-5-7-14(2)11-17)19-10-9-15(3)12-18(16)19/h4-13H,1-3H3/b6-4-. The Labute approximate surface area is 120 Å². The minimum atomic E-state index is 1.22. The molecule has 100 valence electrons. The van der Waals surface area contributed by atoms with Crippen LogP contribution in [0.5, 0.6) is 0 Å². The topological polar surface area (TPSA) is 4.93 Å². The van der Waals surface area contributed by atoms with Gasteiger partial charge in [0.15, 0.2) is 0 Å². The Balaban J connectivity index is 2.31. The van der Waals surface area contributed by atoms with Gasteiger partial charge in [-0.05, 0) is 50.6 Å². The van der Waals surface area contributed by atoms with Crippen LogP contribution in [0.2, 0.25) is 0 Å². The Morgan fingerprint density at radius 3 is 2.50 bits per heavy atom. The highest BCUT2D eigenvalue weighted by atomic mass is 15.0. The zero-order valence-corrected chi connectivity index (χ0v) is 12.2. The molecule has 0 radical (unpaired) electrons. The Kier molecular flexibility index (Phi) is 3.19. The summed E-state index contributed by atoms with van der Waals surface area (Å²) < 4.78 is 2.27. The molecule has 0 bridgehead atoms. The zero-order chi connectivity index (χ0) is 14.1. The summed E-state index contributed by atoms with van der Waals surface area (Å²) in [6.45, 7) is 6.33. The van der Waals surface area contributed by atoms with Gasteiger partial charge in [-0.1, -0.05) is 35.9 Å². The largest absolute Gasteiger partial charge is 0.316 e. The van der Waals surface area contributed by atoms with Crippen LogP contribution in [0.25, 0.3) is 22.7 Å². The third-order valence-corrected chi connectivity index (χ3v) is 3.62. The highest BCUT2D eigenvalue weighted by molar-refractivity contribution is 5.91. The van der Waals surface area contributed by atoms with Crippen molar-refractivity contribution in [3.05, 3.63) is 71.4 Å². The summed E-state index contributed by atoms with van der Waals surface area (Å²) in [6, 6.07) is 15.3. The second-order valence-electron chi connectivity index (χ2n) is 5.31. The summed E-state index contributed by atoms with van der Waals surface area (Å²) in [4.78, 5) is 0. The van der Waals surface area contributed by atoms with E-state index in [1.807, 2.05) is 0 Å². The molecule has 0 spiro atoms. The van der Waals surface area contributed by atoms with E-state index in [0.29, 0.717) is 0 Å². The van der Waals surface area contributed by atoms with E-state index >= 15 is 0 Å². The number of aryl methyl sites for hydroxylation is 2. The van der Waals surface area contributed by atoms with Crippen molar-refractivity contribution in [1.82, 2.24) is 4.57 Å². The first kappa shape index (κ1) is 12.7. The molecular weight excluding hydrogens is 242 g/mol. The summed E-state index contributed by atoms with van der Waals surface area (Å²) in [7, 11) is 0. The predicted molar refractivity (Wildman–Crippen MR) is 87.5 cm³/mol. The molecule has 0 aliphatic rings. The van der Waals surface area contributed by atoms with Gasteiger partial charge in [0.1, 0.15) is 0 Å². The lowest BCUT2D eigenvalue weighted by atomic mass is 10.1. The lowest BCUT2D eigenvalue weighted by Gasteiger charge is -2.06. The van der Waals surface area contributed by atoms with Gasteiger partial charge < -0.3 is 4.57 Å². The molecule has 1 heterocycles. The molecule has 0 unspecified atom stereocenters. The number of rotatable bonds is 2. The predicted octanol–water partition coefficient (Wildman–Crippen LogP) is 5.28. The van der Waals surface area contributed by atoms with E-state index in [2.05, 4.69) is 86.2 Å². The van der Waals surface area contributed by atoms with Gasteiger partial charge in [0.25, 0.3) is 0 Å². The molecule has 0 saturated heterocycles. The van der Waals surface area contributed by atoms with Gasteiger partial charge in [0.05, 0.1) is 5.52 Å². The first-order valence-corrected chi connectivity index (χ1v) is 7.00. The van der Waals surface area contributed by atoms with Crippen LogP contribution < -0.4 is 0 Å². The molecule has 0 aliphatic heterocycles. The normalized spacial score (nSPS) is 11.6. The lowest BCUT2D eigenvalue weighted by molar-refractivity contribution is 1.12. The quantitative estimate of drug-likeness (QED) is 0.591. The van der Waals surface area contributed by atoms with Crippen LogP contribution in [-0.2, 0) is 0 Å². The number of fused-ring (bicyclic) bond motifs is 1. The third kappa shape index (κ3) is 2.16. The van der Waals surface area contributed by atoms with Gasteiger partial charge in [0.2, 0.25) is 0 Å². The molecule has 0 N–H and O–H groups in total. The van der Waals surface area contributed by atoms with E-state index in [1.54, 1.807) is 0 Å². The summed E-state index contributed by atoms with van der Waals surface area (Å²) in [5.41, 5.74) is 6.32. The number of hydrogen-bond acceptors (Lipinski definition) is 0. The number of hydrogen-bond donors (Lipinski definition) is 0. The van der Waals surface area contributed by atoms with Crippen molar-refractivity contribution in [2.45, 2.75) is 20.8 Å². The molecule has 0 atom stereocenters. The second-order valence-corrected chi connectivity index (χ2v) is 5.31. The number of benzene rings is 2. The fraction of sp³-hybridized carbons (Fsp3) is 0.158. The van der Waals surface area contributed by atoms with Gasteiger partial charge >= 0.3 is 0 Å². The maximum absolute atomic E-state index is 2.27. The SMILES string of the molecule is C/C=C\c1cn(-c2cccc(C)c2)c2ccc(C)cc12. The molecule has 1 nitrogen and oxygen atoms in total. The molecule has 3 aromatic rings. The molecule has 2 aromatic carbocycles. The van der Waals surface area contributed by atoms with Gasteiger partial charge in [-0.2, -0.15) is 0 Å². The van der Waals surface area contributed by atoms with Crippen molar-refractivity contribution in [2.75, 3.05) is 0 Å². The number of nitrogens with zero attached hydrogens (tertiary/aromatic N) is 1. The molecular formula is C19H19N. The van der Waals surface area contributed by atoms with Crippen LogP contribution in [0.4, 0.5) is 0 Å². The minimum absolute atomic E-state index is 1.22. The number of allylic oxidation sites excluding steroid dienone is 1. The van der Waals surface area contributed by atoms with Crippen molar-refractivity contribution < 1.29 is 0 Å². The van der Waals surface area contributed by atoms with Crippen molar-refractivity contribution in [3.8, 4) is 5.69 Å².